The van der Waals surface area contributed by atoms with Gasteiger partial charge in [-0.15, -0.1) is 0 Å². The summed E-state index contributed by atoms with van der Waals surface area (Å²) in [4.78, 5) is 33.0. The number of aromatic nitrogens is 1. The summed E-state index contributed by atoms with van der Waals surface area (Å²) in [5.74, 6) is -4.81. The number of rotatable bonds is 5. The molecule has 0 unspecified atom stereocenters. The molecule has 0 radical (unpaired) electrons. The molecule has 29 heavy (non-hydrogen) atoms. The third-order valence-corrected chi connectivity index (χ3v) is 5.13. The lowest BCUT2D eigenvalue weighted by Gasteiger charge is -2.28. The van der Waals surface area contributed by atoms with E-state index in [0.29, 0.717) is 12.1 Å². The fourth-order valence-electron chi connectivity index (χ4n) is 3.48. The van der Waals surface area contributed by atoms with E-state index in [1.165, 1.54) is 6.07 Å². The summed E-state index contributed by atoms with van der Waals surface area (Å²) in [6.07, 6.45) is 1.45. The first-order chi connectivity index (χ1) is 13.8. The average Bonchev–Trinajstić information content (AvgIpc) is 2.68. The van der Waals surface area contributed by atoms with Crippen LogP contribution in [0, 0.1) is 23.4 Å². The van der Waals surface area contributed by atoms with Gasteiger partial charge in [0.05, 0.1) is 0 Å². The van der Waals surface area contributed by atoms with Gasteiger partial charge >= 0.3 is 0 Å². The SMILES string of the molecule is CCN(C(=O)c1c(F)cc(F)cc1F)c1cccc(C(=O)C2CCN(C)CC2)n1. The minimum Gasteiger partial charge on any atom is -0.306 e. The molecule has 1 aromatic heterocycles. The number of amides is 1. The van der Waals surface area contributed by atoms with Gasteiger partial charge in [-0.25, -0.2) is 18.2 Å². The number of benzene rings is 1. The summed E-state index contributed by atoms with van der Waals surface area (Å²) in [6, 6.07) is 5.56. The van der Waals surface area contributed by atoms with Crippen LogP contribution in [0.1, 0.15) is 40.6 Å². The number of hydrogen-bond donors (Lipinski definition) is 0. The standard InChI is InChI=1S/C21H22F3N3O2/c1-3-27(21(29)19-15(23)11-14(22)12-16(19)24)18-6-4-5-17(25-18)20(28)13-7-9-26(2)10-8-13/h4-6,11-13H,3,7-10H2,1-2H3. The fourth-order valence-corrected chi connectivity index (χ4v) is 3.48. The Bertz CT molecular complexity index is 904. The third kappa shape index (κ3) is 4.48. The second-order valence-electron chi connectivity index (χ2n) is 7.12. The number of halogens is 3. The highest BCUT2D eigenvalue weighted by Gasteiger charge is 2.28. The molecule has 1 amide bonds. The quantitative estimate of drug-likeness (QED) is 0.712. The molecule has 0 N–H and O–H groups in total. The molecule has 1 fully saturated rings. The Morgan fingerprint density at radius 2 is 1.76 bits per heavy atom. The second-order valence-corrected chi connectivity index (χ2v) is 7.12. The first kappa shape index (κ1) is 21.0. The normalized spacial score (nSPS) is 15.3. The lowest BCUT2D eigenvalue weighted by molar-refractivity contribution is 0.0850. The van der Waals surface area contributed by atoms with Gasteiger partial charge < -0.3 is 4.90 Å². The number of likely N-dealkylation sites (tertiary alicyclic amines) is 1. The molecule has 154 valence electrons. The largest absolute Gasteiger partial charge is 0.306 e. The van der Waals surface area contributed by atoms with E-state index in [9.17, 15) is 22.8 Å². The van der Waals surface area contributed by atoms with Crippen LogP contribution in [0.4, 0.5) is 19.0 Å². The highest BCUT2D eigenvalue weighted by atomic mass is 19.1. The molecule has 1 aliphatic heterocycles. The molecule has 0 bridgehead atoms. The van der Waals surface area contributed by atoms with Crippen molar-refractivity contribution in [2.45, 2.75) is 19.8 Å². The Labute approximate surface area is 167 Å². The molecular formula is C21H22F3N3O2. The van der Waals surface area contributed by atoms with Crippen molar-refractivity contribution in [3.63, 3.8) is 0 Å². The van der Waals surface area contributed by atoms with E-state index in [1.54, 1.807) is 19.1 Å². The van der Waals surface area contributed by atoms with Gasteiger partial charge in [0.25, 0.3) is 5.91 Å². The van der Waals surface area contributed by atoms with Crippen LogP contribution in [0.25, 0.3) is 0 Å². The molecule has 0 spiro atoms. The van der Waals surface area contributed by atoms with Crippen molar-refractivity contribution in [1.82, 2.24) is 9.88 Å². The van der Waals surface area contributed by atoms with Gasteiger partial charge in [-0.2, -0.15) is 0 Å². The Hall–Kier alpha value is -2.74. The van der Waals surface area contributed by atoms with Crippen LogP contribution in [-0.2, 0) is 0 Å². The van der Waals surface area contributed by atoms with E-state index in [2.05, 4.69) is 9.88 Å². The topological polar surface area (TPSA) is 53.5 Å². The van der Waals surface area contributed by atoms with Crippen LogP contribution in [0.15, 0.2) is 30.3 Å². The number of anilines is 1. The highest BCUT2D eigenvalue weighted by Crippen LogP contribution is 2.24. The van der Waals surface area contributed by atoms with Crippen molar-refractivity contribution in [3.05, 3.63) is 59.0 Å². The summed E-state index contributed by atoms with van der Waals surface area (Å²) in [6.45, 7) is 3.32. The number of carbonyl (C=O) groups is 2. The Kier molecular flexibility index (Phi) is 6.32. The Balaban J connectivity index is 1.88. The lowest BCUT2D eigenvalue weighted by atomic mass is 9.91. The van der Waals surface area contributed by atoms with Crippen molar-refractivity contribution >= 4 is 17.5 Å². The maximum atomic E-state index is 14.1. The molecule has 1 aromatic carbocycles. The van der Waals surface area contributed by atoms with Crippen molar-refractivity contribution in [1.29, 1.82) is 0 Å². The predicted octanol–water partition coefficient (Wildman–Crippen LogP) is 3.69. The first-order valence-electron chi connectivity index (χ1n) is 9.48. The van der Waals surface area contributed by atoms with Crippen molar-refractivity contribution < 1.29 is 22.8 Å². The fraction of sp³-hybridized carbons (Fsp3) is 0.381. The molecule has 8 heteroatoms. The molecule has 1 saturated heterocycles. The third-order valence-electron chi connectivity index (χ3n) is 5.13. The lowest BCUT2D eigenvalue weighted by Crippen LogP contribution is -2.35. The molecule has 5 nitrogen and oxygen atoms in total. The number of piperidine rings is 1. The van der Waals surface area contributed by atoms with Crippen LogP contribution >= 0.6 is 0 Å². The zero-order chi connectivity index (χ0) is 21.1. The number of nitrogens with zero attached hydrogens (tertiary/aromatic N) is 3. The van der Waals surface area contributed by atoms with Crippen LogP contribution in [-0.4, -0.2) is 48.3 Å². The van der Waals surface area contributed by atoms with Gasteiger partial charge in [0.1, 0.15) is 34.5 Å². The van der Waals surface area contributed by atoms with E-state index in [1.807, 2.05) is 7.05 Å². The van der Waals surface area contributed by atoms with Crippen molar-refractivity contribution in [2.75, 3.05) is 31.6 Å². The molecule has 2 aromatic rings. The van der Waals surface area contributed by atoms with Crippen LogP contribution in [0.2, 0.25) is 0 Å². The summed E-state index contributed by atoms with van der Waals surface area (Å²) >= 11 is 0. The molecule has 0 atom stereocenters. The number of pyridine rings is 1. The van der Waals surface area contributed by atoms with Gasteiger partial charge in [-0.05, 0) is 52.0 Å². The number of carbonyl (C=O) groups excluding carboxylic acids is 2. The smallest absolute Gasteiger partial charge is 0.265 e. The summed E-state index contributed by atoms with van der Waals surface area (Å²) in [7, 11) is 2.00. The number of hydrogen-bond acceptors (Lipinski definition) is 4. The van der Waals surface area contributed by atoms with Crippen molar-refractivity contribution in [2.24, 2.45) is 5.92 Å². The predicted molar refractivity (Wildman–Crippen MR) is 102 cm³/mol. The molecule has 3 rings (SSSR count). The first-order valence-corrected chi connectivity index (χ1v) is 9.48. The molecule has 2 heterocycles. The zero-order valence-corrected chi connectivity index (χ0v) is 16.3. The van der Waals surface area contributed by atoms with E-state index in [4.69, 9.17) is 0 Å². The van der Waals surface area contributed by atoms with E-state index in [-0.39, 0.29) is 29.8 Å². The number of Topliss-reactive ketones (excluding diaryl/α,β-unsaturated/α-hetero) is 1. The maximum absolute atomic E-state index is 14.1. The molecular weight excluding hydrogens is 383 g/mol. The van der Waals surface area contributed by atoms with Crippen molar-refractivity contribution in [3.8, 4) is 0 Å². The molecule has 1 aliphatic rings. The Morgan fingerprint density at radius 3 is 2.34 bits per heavy atom. The summed E-state index contributed by atoms with van der Waals surface area (Å²) in [5.41, 5.74) is -0.648. The van der Waals surface area contributed by atoms with Crippen LogP contribution in [0.3, 0.4) is 0 Å². The van der Waals surface area contributed by atoms with Gasteiger partial charge in [-0.3, -0.25) is 14.5 Å². The highest BCUT2D eigenvalue weighted by molar-refractivity contribution is 6.06. The Morgan fingerprint density at radius 1 is 1.14 bits per heavy atom. The maximum Gasteiger partial charge on any atom is 0.265 e. The summed E-state index contributed by atoms with van der Waals surface area (Å²) in [5, 5.41) is 0. The van der Waals surface area contributed by atoms with Gasteiger partial charge in [0.2, 0.25) is 0 Å². The van der Waals surface area contributed by atoms with Crippen LogP contribution < -0.4 is 4.90 Å². The van der Waals surface area contributed by atoms with Gasteiger partial charge in [0, 0.05) is 24.6 Å². The monoisotopic (exact) mass is 405 g/mol. The molecule has 0 aliphatic carbocycles. The van der Waals surface area contributed by atoms with Crippen LogP contribution in [0.5, 0.6) is 0 Å². The minimum absolute atomic E-state index is 0.0634. The van der Waals surface area contributed by atoms with E-state index in [0.717, 1.165) is 30.8 Å². The average molecular weight is 405 g/mol. The molecule has 0 saturated carbocycles. The van der Waals surface area contributed by atoms with Gasteiger partial charge in [-0.1, -0.05) is 6.07 Å². The second kappa shape index (κ2) is 8.73. The van der Waals surface area contributed by atoms with Gasteiger partial charge in [0.15, 0.2) is 5.78 Å². The van der Waals surface area contributed by atoms with E-state index < -0.39 is 28.9 Å². The summed E-state index contributed by atoms with van der Waals surface area (Å²) < 4.78 is 41.3. The number of ketones is 1. The zero-order valence-electron chi connectivity index (χ0n) is 16.3. The van der Waals surface area contributed by atoms with E-state index >= 15 is 0 Å². The minimum atomic E-state index is -1.29.